The molecule has 33 heavy (non-hydrogen) atoms. The molecule has 172 valence electrons. The van der Waals surface area contributed by atoms with Gasteiger partial charge in [0.15, 0.2) is 0 Å². The molecular formula is C28H32N2O3. The van der Waals surface area contributed by atoms with Crippen molar-refractivity contribution in [1.29, 1.82) is 0 Å². The zero-order valence-electron chi connectivity index (χ0n) is 19.2. The topological polar surface area (TPSA) is 72.6 Å². The number of nitrogens with two attached hydrogens (primary N) is 1. The number of likely N-dealkylation sites (tertiary alicyclic amines) is 1. The standard InChI is InChI=1S/C19H22N2O.C9H10O2/c20-18(19(22)21-12-4-5-13-21)14-15-8-10-17(11-9-15)16-6-2-1-3-7-16;1-8(10)11-7-9-5-3-2-4-6-9/h1-3,6-11,18H,4-5,12-14,20H2;2-6H,7H2,1H3/t18-;/m0./s1. The van der Waals surface area contributed by atoms with E-state index in [0.29, 0.717) is 13.0 Å². The number of hydrogen-bond acceptors (Lipinski definition) is 4. The number of nitrogens with zero attached hydrogens (tertiary/aromatic N) is 1. The summed E-state index contributed by atoms with van der Waals surface area (Å²) in [5.74, 6) is -0.154. The molecule has 5 heteroatoms. The van der Waals surface area contributed by atoms with Crippen molar-refractivity contribution in [3.05, 3.63) is 96.1 Å². The lowest BCUT2D eigenvalue weighted by molar-refractivity contribution is -0.142. The third-order valence-electron chi connectivity index (χ3n) is 5.54. The van der Waals surface area contributed by atoms with Gasteiger partial charge in [-0.15, -0.1) is 0 Å². The van der Waals surface area contributed by atoms with E-state index in [1.165, 1.54) is 18.1 Å². The van der Waals surface area contributed by atoms with Gasteiger partial charge in [-0.25, -0.2) is 0 Å². The highest BCUT2D eigenvalue weighted by atomic mass is 16.5. The number of amides is 1. The minimum absolute atomic E-state index is 0.0876. The Morgan fingerprint density at radius 3 is 1.94 bits per heavy atom. The largest absolute Gasteiger partial charge is 0.461 e. The van der Waals surface area contributed by atoms with E-state index in [-0.39, 0.29) is 11.9 Å². The van der Waals surface area contributed by atoms with Crippen LogP contribution < -0.4 is 5.73 Å². The molecule has 3 aromatic carbocycles. The van der Waals surface area contributed by atoms with Gasteiger partial charge >= 0.3 is 5.97 Å². The number of ether oxygens (including phenoxy) is 1. The van der Waals surface area contributed by atoms with Crippen molar-refractivity contribution in [2.24, 2.45) is 5.73 Å². The maximum Gasteiger partial charge on any atom is 0.302 e. The molecule has 0 bridgehead atoms. The van der Waals surface area contributed by atoms with Crippen LogP contribution in [-0.4, -0.2) is 35.9 Å². The van der Waals surface area contributed by atoms with Gasteiger partial charge in [0.2, 0.25) is 5.91 Å². The number of hydrogen-bond donors (Lipinski definition) is 1. The van der Waals surface area contributed by atoms with Crippen molar-refractivity contribution in [2.45, 2.75) is 38.8 Å². The number of rotatable bonds is 6. The Morgan fingerprint density at radius 1 is 0.818 bits per heavy atom. The third-order valence-corrected chi connectivity index (χ3v) is 5.54. The van der Waals surface area contributed by atoms with Gasteiger partial charge in [-0.3, -0.25) is 9.59 Å². The number of carbonyl (C=O) groups is 2. The summed E-state index contributed by atoms with van der Waals surface area (Å²) in [6.45, 7) is 3.50. The van der Waals surface area contributed by atoms with Gasteiger partial charge in [-0.2, -0.15) is 0 Å². The van der Waals surface area contributed by atoms with Crippen molar-refractivity contribution in [2.75, 3.05) is 13.1 Å². The number of benzene rings is 3. The monoisotopic (exact) mass is 444 g/mol. The molecule has 4 rings (SSSR count). The third kappa shape index (κ3) is 7.88. The van der Waals surface area contributed by atoms with Gasteiger partial charge in [0.05, 0.1) is 6.04 Å². The summed E-state index contributed by atoms with van der Waals surface area (Å²) in [7, 11) is 0. The molecule has 1 aliphatic heterocycles. The summed E-state index contributed by atoms with van der Waals surface area (Å²) in [4.78, 5) is 24.5. The Labute approximate surface area is 196 Å². The molecule has 1 atom stereocenters. The van der Waals surface area contributed by atoms with Crippen LogP contribution in [0.2, 0.25) is 0 Å². The maximum atomic E-state index is 12.2. The average molecular weight is 445 g/mol. The van der Waals surface area contributed by atoms with Crippen molar-refractivity contribution in [1.82, 2.24) is 4.90 Å². The molecule has 1 fully saturated rings. The predicted molar refractivity (Wildman–Crippen MR) is 131 cm³/mol. The first-order valence-corrected chi connectivity index (χ1v) is 11.4. The Morgan fingerprint density at radius 2 is 1.36 bits per heavy atom. The van der Waals surface area contributed by atoms with Crippen LogP contribution in [0.5, 0.6) is 0 Å². The molecule has 0 spiro atoms. The first-order valence-electron chi connectivity index (χ1n) is 11.4. The molecule has 1 heterocycles. The van der Waals surface area contributed by atoms with Gasteiger partial charge in [0, 0.05) is 20.0 Å². The van der Waals surface area contributed by atoms with Crippen LogP contribution in [0.1, 0.15) is 30.9 Å². The second-order valence-electron chi connectivity index (χ2n) is 8.17. The fourth-order valence-electron chi connectivity index (χ4n) is 3.74. The lowest BCUT2D eigenvalue weighted by Gasteiger charge is -2.20. The number of esters is 1. The molecule has 1 saturated heterocycles. The van der Waals surface area contributed by atoms with Gasteiger partial charge in [-0.1, -0.05) is 84.9 Å². The molecule has 3 aromatic rings. The zero-order chi connectivity index (χ0) is 23.5. The average Bonchev–Trinajstić information content (AvgIpc) is 3.39. The Bertz CT molecular complexity index is 998. The molecule has 0 radical (unpaired) electrons. The second kappa shape index (κ2) is 12.6. The van der Waals surface area contributed by atoms with Crippen LogP contribution in [0.3, 0.4) is 0 Å². The molecule has 2 N–H and O–H groups in total. The molecule has 0 aromatic heterocycles. The SMILES string of the molecule is CC(=O)OCc1ccccc1.N[C@@H](Cc1ccc(-c2ccccc2)cc1)C(=O)N1CCCC1. The lowest BCUT2D eigenvalue weighted by atomic mass is 10.0. The highest BCUT2D eigenvalue weighted by molar-refractivity contribution is 5.82. The molecule has 1 amide bonds. The second-order valence-corrected chi connectivity index (χ2v) is 8.17. The smallest absolute Gasteiger partial charge is 0.302 e. The molecule has 0 aliphatic carbocycles. The summed E-state index contributed by atoms with van der Waals surface area (Å²) < 4.78 is 4.79. The summed E-state index contributed by atoms with van der Waals surface area (Å²) in [5, 5.41) is 0. The molecule has 0 unspecified atom stereocenters. The van der Waals surface area contributed by atoms with Crippen LogP contribution in [0, 0.1) is 0 Å². The summed E-state index contributed by atoms with van der Waals surface area (Å²) in [6, 6.07) is 27.8. The Balaban J connectivity index is 0.000000235. The molecular weight excluding hydrogens is 412 g/mol. The van der Waals surface area contributed by atoms with E-state index in [1.54, 1.807) is 0 Å². The molecule has 5 nitrogen and oxygen atoms in total. The number of carbonyl (C=O) groups excluding carboxylic acids is 2. The first-order chi connectivity index (χ1) is 16.0. The van der Waals surface area contributed by atoms with E-state index in [9.17, 15) is 9.59 Å². The van der Waals surface area contributed by atoms with E-state index in [0.717, 1.165) is 37.1 Å². The molecule has 0 saturated carbocycles. The van der Waals surface area contributed by atoms with Gasteiger partial charge in [-0.05, 0) is 41.5 Å². The lowest BCUT2D eigenvalue weighted by Crippen LogP contribution is -2.43. The van der Waals surface area contributed by atoms with Crippen molar-refractivity contribution < 1.29 is 14.3 Å². The normalized spacial score (nSPS) is 13.6. The zero-order valence-corrected chi connectivity index (χ0v) is 19.2. The highest BCUT2D eigenvalue weighted by Gasteiger charge is 2.23. The Hall–Kier alpha value is -3.44. The maximum absolute atomic E-state index is 12.2. The van der Waals surface area contributed by atoms with Gasteiger partial charge in [0.25, 0.3) is 0 Å². The summed E-state index contributed by atoms with van der Waals surface area (Å²) >= 11 is 0. The first kappa shape index (κ1) is 24.2. The van der Waals surface area contributed by atoms with Crippen LogP contribution >= 0.6 is 0 Å². The fourth-order valence-corrected chi connectivity index (χ4v) is 3.74. The van der Waals surface area contributed by atoms with E-state index in [1.807, 2.05) is 53.4 Å². The van der Waals surface area contributed by atoms with Crippen LogP contribution in [0.15, 0.2) is 84.9 Å². The van der Waals surface area contributed by atoms with Crippen LogP contribution in [0.25, 0.3) is 11.1 Å². The van der Waals surface area contributed by atoms with E-state index in [2.05, 4.69) is 36.4 Å². The van der Waals surface area contributed by atoms with Crippen molar-refractivity contribution in [3.63, 3.8) is 0 Å². The minimum Gasteiger partial charge on any atom is -0.461 e. The summed E-state index contributed by atoms with van der Waals surface area (Å²) in [5.41, 5.74) is 10.6. The van der Waals surface area contributed by atoms with Gasteiger partial charge < -0.3 is 15.4 Å². The highest BCUT2D eigenvalue weighted by Crippen LogP contribution is 2.20. The Kier molecular flexibility index (Phi) is 9.21. The predicted octanol–water partition coefficient (Wildman–Crippen LogP) is 4.60. The van der Waals surface area contributed by atoms with Gasteiger partial charge in [0.1, 0.15) is 6.61 Å². The van der Waals surface area contributed by atoms with E-state index in [4.69, 9.17) is 10.5 Å². The van der Waals surface area contributed by atoms with E-state index < -0.39 is 6.04 Å². The van der Waals surface area contributed by atoms with Crippen LogP contribution in [0.4, 0.5) is 0 Å². The van der Waals surface area contributed by atoms with E-state index >= 15 is 0 Å². The summed E-state index contributed by atoms with van der Waals surface area (Å²) in [6.07, 6.45) is 2.80. The minimum atomic E-state index is -0.430. The van der Waals surface area contributed by atoms with Crippen molar-refractivity contribution in [3.8, 4) is 11.1 Å². The van der Waals surface area contributed by atoms with Crippen molar-refractivity contribution >= 4 is 11.9 Å². The molecule has 1 aliphatic rings. The quantitative estimate of drug-likeness (QED) is 0.564. The van der Waals surface area contributed by atoms with Crippen LogP contribution in [-0.2, 0) is 27.4 Å². The fraction of sp³-hybridized carbons (Fsp3) is 0.286.